The van der Waals surface area contributed by atoms with Crippen LogP contribution in [0.5, 0.6) is 5.75 Å². The number of Topliss-reactive ketones (excluding diaryl/α,β-unsaturated/α-hetero) is 1. The van der Waals surface area contributed by atoms with Crippen LogP contribution < -0.4 is 15.4 Å². The number of fused-ring (bicyclic) bond motifs is 1. The molecule has 2 aliphatic rings. The van der Waals surface area contributed by atoms with E-state index in [0.717, 1.165) is 44.0 Å². The lowest BCUT2D eigenvalue weighted by Gasteiger charge is -2.25. The van der Waals surface area contributed by atoms with Gasteiger partial charge in [0.05, 0.1) is 24.9 Å². The minimum absolute atomic E-state index is 0.0937. The normalized spacial score (nSPS) is 24.0. The molecule has 0 bridgehead atoms. The second-order valence-electron chi connectivity index (χ2n) is 5.71. The summed E-state index contributed by atoms with van der Waals surface area (Å²) >= 11 is 0. The third-order valence-electron chi connectivity index (χ3n) is 3.89. The Hall–Kier alpha value is -1.59. The fourth-order valence-electron chi connectivity index (χ4n) is 2.71. The number of carbonyl (C=O) groups is 1. The minimum Gasteiger partial charge on any atom is -0.487 e. The van der Waals surface area contributed by atoms with E-state index >= 15 is 0 Å². The van der Waals surface area contributed by atoms with Gasteiger partial charge in [0.25, 0.3) is 0 Å². The number of benzene rings is 1. The van der Waals surface area contributed by atoms with Gasteiger partial charge in [0, 0.05) is 18.7 Å². The summed E-state index contributed by atoms with van der Waals surface area (Å²) in [6.07, 6.45) is 2.62. The molecule has 0 aromatic heterocycles. The molecule has 2 heterocycles. The van der Waals surface area contributed by atoms with E-state index in [1.54, 1.807) is 0 Å². The predicted octanol–water partition coefficient (Wildman–Crippen LogP) is 1.83. The Morgan fingerprint density at radius 1 is 1.48 bits per heavy atom. The van der Waals surface area contributed by atoms with Crippen molar-refractivity contribution in [2.24, 2.45) is 0 Å². The molecular weight excluding hydrogens is 268 g/mol. The van der Waals surface area contributed by atoms with Crippen LogP contribution in [0, 0.1) is 0 Å². The highest BCUT2D eigenvalue weighted by molar-refractivity contribution is 5.98. The van der Waals surface area contributed by atoms with Crippen LogP contribution in [0.3, 0.4) is 0 Å². The van der Waals surface area contributed by atoms with Crippen molar-refractivity contribution in [2.45, 2.75) is 32.0 Å². The average molecular weight is 290 g/mol. The van der Waals surface area contributed by atoms with Gasteiger partial charge < -0.3 is 20.1 Å². The van der Waals surface area contributed by atoms with Crippen LogP contribution in [0.1, 0.15) is 30.1 Å². The maximum atomic E-state index is 12.2. The zero-order valence-corrected chi connectivity index (χ0v) is 12.4. The second-order valence-corrected chi connectivity index (χ2v) is 5.71. The van der Waals surface area contributed by atoms with Crippen molar-refractivity contribution in [3.63, 3.8) is 0 Å². The van der Waals surface area contributed by atoms with Gasteiger partial charge >= 0.3 is 0 Å². The Bertz CT molecular complexity index is 512. The van der Waals surface area contributed by atoms with E-state index in [1.807, 2.05) is 25.1 Å². The molecule has 0 spiro atoms. The molecule has 2 atom stereocenters. The van der Waals surface area contributed by atoms with Crippen LogP contribution in [0.25, 0.3) is 0 Å². The minimum atomic E-state index is 0.0937. The fraction of sp³-hybridized carbons (Fsp3) is 0.562. The second kappa shape index (κ2) is 6.45. The number of nitrogens with one attached hydrogen (secondary N) is 2. The first kappa shape index (κ1) is 14.4. The third kappa shape index (κ3) is 3.54. The van der Waals surface area contributed by atoms with Gasteiger partial charge in [-0.15, -0.1) is 0 Å². The van der Waals surface area contributed by atoms with E-state index < -0.39 is 0 Å². The summed E-state index contributed by atoms with van der Waals surface area (Å²) in [5.74, 6) is 0.911. The van der Waals surface area contributed by atoms with Crippen LogP contribution in [-0.4, -0.2) is 44.2 Å². The molecule has 0 saturated carbocycles. The number of carbonyl (C=O) groups excluding carboxylic acids is 1. The largest absolute Gasteiger partial charge is 0.487 e. The van der Waals surface area contributed by atoms with Crippen LogP contribution in [0.4, 0.5) is 5.69 Å². The smallest absolute Gasteiger partial charge is 0.176 e. The van der Waals surface area contributed by atoms with Gasteiger partial charge in [0.15, 0.2) is 5.78 Å². The van der Waals surface area contributed by atoms with Crippen molar-refractivity contribution in [3.05, 3.63) is 23.8 Å². The standard InChI is InChI=1S/C16H22N2O3/c1-11-8-18-14-7-12(4-5-16(14)21-11)15(19)10-17-9-13-3-2-6-20-13/h4-5,7,11,13,17-18H,2-3,6,8-10H2,1H3. The van der Waals surface area contributed by atoms with Gasteiger partial charge in [0.2, 0.25) is 0 Å². The van der Waals surface area contributed by atoms with Crippen molar-refractivity contribution in [2.75, 3.05) is 31.6 Å². The molecule has 114 valence electrons. The van der Waals surface area contributed by atoms with E-state index in [1.165, 1.54) is 0 Å². The number of anilines is 1. The predicted molar refractivity (Wildman–Crippen MR) is 81.2 cm³/mol. The van der Waals surface area contributed by atoms with Crippen molar-refractivity contribution in [1.82, 2.24) is 5.32 Å². The summed E-state index contributed by atoms with van der Waals surface area (Å²) in [4.78, 5) is 12.2. The number of rotatable bonds is 5. The first-order chi connectivity index (χ1) is 10.2. The molecule has 2 unspecified atom stereocenters. The highest BCUT2D eigenvalue weighted by Gasteiger charge is 2.18. The Kier molecular flexibility index (Phi) is 4.41. The summed E-state index contributed by atoms with van der Waals surface area (Å²) < 4.78 is 11.2. The van der Waals surface area contributed by atoms with Crippen LogP contribution in [0.2, 0.25) is 0 Å². The van der Waals surface area contributed by atoms with Crippen molar-refractivity contribution < 1.29 is 14.3 Å². The molecule has 1 saturated heterocycles. The van der Waals surface area contributed by atoms with Crippen molar-refractivity contribution in [3.8, 4) is 5.75 Å². The number of ketones is 1. The Labute approximate surface area is 125 Å². The van der Waals surface area contributed by atoms with E-state index in [9.17, 15) is 4.79 Å². The lowest BCUT2D eigenvalue weighted by atomic mass is 10.1. The molecule has 0 radical (unpaired) electrons. The van der Waals surface area contributed by atoms with Gasteiger partial charge in [-0.1, -0.05) is 0 Å². The Morgan fingerprint density at radius 2 is 2.38 bits per heavy atom. The summed E-state index contributed by atoms with van der Waals surface area (Å²) in [5.41, 5.74) is 1.61. The third-order valence-corrected chi connectivity index (χ3v) is 3.89. The van der Waals surface area contributed by atoms with Gasteiger partial charge in [0.1, 0.15) is 11.9 Å². The first-order valence-corrected chi connectivity index (χ1v) is 7.62. The molecule has 5 heteroatoms. The van der Waals surface area contributed by atoms with Crippen LogP contribution in [0.15, 0.2) is 18.2 Å². The Morgan fingerprint density at radius 3 is 3.19 bits per heavy atom. The van der Waals surface area contributed by atoms with Gasteiger partial charge in [-0.05, 0) is 38.0 Å². The topological polar surface area (TPSA) is 59.6 Å². The fourth-order valence-corrected chi connectivity index (χ4v) is 2.71. The molecule has 21 heavy (non-hydrogen) atoms. The lowest BCUT2D eigenvalue weighted by molar-refractivity contribution is 0.0955. The van der Waals surface area contributed by atoms with Crippen LogP contribution in [-0.2, 0) is 4.74 Å². The SMILES string of the molecule is CC1CNc2cc(C(=O)CNCC3CCCO3)ccc2O1. The molecule has 2 aliphatic heterocycles. The number of hydrogen-bond donors (Lipinski definition) is 2. The maximum Gasteiger partial charge on any atom is 0.176 e. The highest BCUT2D eigenvalue weighted by Crippen LogP contribution is 2.29. The van der Waals surface area contributed by atoms with E-state index in [4.69, 9.17) is 9.47 Å². The molecule has 1 fully saturated rings. The molecule has 0 aliphatic carbocycles. The molecule has 3 rings (SSSR count). The lowest BCUT2D eigenvalue weighted by Crippen LogP contribution is -2.31. The summed E-state index contributed by atoms with van der Waals surface area (Å²) in [7, 11) is 0. The number of hydrogen-bond acceptors (Lipinski definition) is 5. The number of ether oxygens (including phenoxy) is 2. The molecule has 2 N–H and O–H groups in total. The summed E-state index contributed by atoms with van der Waals surface area (Å²) in [5, 5.41) is 6.48. The molecule has 0 amide bonds. The van der Waals surface area contributed by atoms with E-state index in [-0.39, 0.29) is 18.0 Å². The zero-order valence-electron chi connectivity index (χ0n) is 12.4. The first-order valence-electron chi connectivity index (χ1n) is 7.62. The van der Waals surface area contributed by atoms with Gasteiger partial charge in [-0.3, -0.25) is 4.79 Å². The molecule has 1 aromatic carbocycles. The van der Waals surface area contributed by atoms with E-state index in [0.29, 0.717) is 12.1 Å². The summed E-state index contributed by atoms with van der Waals surface area (Å²) in [6.45, 7) is 4.71. The van der Waals surface area contributed by atoms with Crippen molar-refractivity contribution >= 4 is 11.5 Å². The molecular formula is C16H22N2O3. The zero-order chi connectivity index (χ0) is 14.7. The Balaban J connectivity index is 1.54. The molecule has 1 aromatic rings. The van der Waals surface area contributed by atoms with E-state index in [2.05, 4.69) is 10.6 Å². The summed E-state index contributed by atoms with van der Waals surface area (Å²) in [6, 6.07) is 5.57. The molecule has 5 nitrogen and oxygen atoms in total. The monoisotopic (exact) mass is 290 g/mol. The van der Waals surface area contributed by atoms with Gasteiger partial charge in [-0.2, -0.15) is 0 Å². The van der Waals surface area contributed by atoms with Crippen LogP contribution >= 0.6 is 0 Å². The van der Waals surface area contributed by atoms with Gasteiger partial charge in [-0.25, -0.2) is 0 Å². The highest BCUT2D eigenvalue weighted by atomic mass is 16.5. The van der Waals surface area contributed by atoms with Crippen molar-refractivity contribution in [1.29, 1.82) is 0 Å². The quantitative estimate of drug-likeness (QED) is 0.810. The average Bonchev–Trinajstić information content (AvgIpc) is 3.00. The maximum absolute atomic E-state index is 12.2.